The van der Waals surface area contributed by atoms with E-state index < -0.39 is 0 Å². The molecule has 1 aliphatic rings. The van der Waals surface area contributed by atoms with Crippen LogP contribution in [0.4, 0.5) is 0 Å². The fraction of sp³-hybridized carbons (Fsp3) is 0.647. The standard InChI is InChI=1S/C17H27N/c1-4-17(2,3)15-11-9-14(10-12-15)16(18)13-7-5-6-8-13/h9-13,16H,4-8,18H2,1-3H3. The third-order valence-electron chi connectivity index (χ3n) is 4.87. The van der Waals surface area contributed by atoms with Crippen molar-refractivity contribution in [1.29, 1.82) is 0 Å². The third kappa shape index (κ3) is 2.77. The van der Waals surface area contributed by atoms with E-state index in [2.05, 4.69) is 45.0 Å². The van der Waals surface area contributed by atoms with Crippen molar-refractivity contribution in [3.63, 3.8) is 0 Å². The molecule has 0 bridgehead atoms. The van der Waals surface area contributed by atoms with Gasteiger partial charge in [0, 0.05) is 6.04 Å². The van der Waals surface area contributed by atoms with Crippen LogP contribution in [0.15, 0.2) is 24.3 Å². The second-order valence-corrected chi connectivity index (χ2v) is 6.43. The summed E-state index contributed by atoms with van der Waals surface area (Å²) in [6.45, 7) is 6.86. The summed E-state index contributed by atoms with van der Waals surface area (Å²) in [4.78, 5) is 0. The molecule has 1 aliphatic carbocycles. The van der Waals surface area contributed by atoms with Crippen molar-refractivity contribution in [3.8, 4) is 0 Å². The van der Waals surface area contributed by atoms with Crippen molar-refractivity contribution in [3.05, 3.63) is 35.4 Å². The Bertz CT molecular complexity index is 371. The molecule has 18 heavy (non-hydrogen) atoms. The first-order chi connectivity index (χ1) is 8.54. The van der Waals surface area contributed by atoms with Gasteiger partial charge in [0.05, 0.1) is 0 Å². The maximum absolute atomic E-state index is 6.39. The molecule has 1 heteroatoms. The van der Waals surface area contributed by atoms with Gasteiger partial charge in [0.1, 0.15) is 0 Å². The molecule has 0 radical (unpaired) electrons. The van der Waals surface area contributed by atoms with E-state index in [1.54, 1.807) is 0 Å². The summed E-state index contributed by atoms with van der Waals surface area (Å²) in [5.74, 6) is 0.704. The quantitative estimate of drug-likeness (QED) is 0.826. The van der Waals surface area contributed by atoms with Crippen molar-refractivity contribution in [1.82, 2.24) is 0 Å². The monoisotopic (exact) mass is 245 g/mol. The first-order valence-corrected chi connectivity index (χ1v) is 7.40. The third-order valence-corrected chi connectivity index (χ3v) is 4.87. The molecule has 1 saturated carbocycles. The number of hydrogen-bond acceptors (Lipinski definition) is 1. The topological polar surface area (TPSA) is 26.0 Å². The number of benzene rings is 1. The van der Waals surface area contributed by atoms with Gasteiger partial charge in [-0.25, -0.2) is 0 Å². The Morgan fingerprint density at radius 1 is 1.17 bits per heavy atom. The van der Waals surface area contributed by atoms with Gasteiger partial charge in [-0.05, 0) is 41.7 Å². The van der Waals surface area contributed by atoms with E-state index in [0.29, 0.717) is 5.92 Å². The summed E-state index contributed by atoms with van der Waals surface area (Å²) in [5.41, 5.74) is 9.41. The molecule has 2 rings (SSSR count). The van der Waals surface area contributed by atoms with Gasteiger partial charge in [-0.2, -0.15) is 0 Å². The van der Waals surface area contributed by atoms with Crippen LogP contribution in [0.3, 0.4) is 0 Å². The fourth-order valence-electron chi connectivity index (χ4n) is 2.95. The largest absolute Gasteiger partial charge is 0.324 e. The average Bonchev–Trinajstić information content (AvgIpc) is 2.92. The highest BCUT2D eigenvalue weighted by Gasteiger charge is 2.24. The molecule has 0 spiro atoms. The summed E-state index contributed by atoms with van der Waals surface area (Å²) in [6.07, 6.45) is 6.51. The van der Waals surface area contributed by atoms with E-state index in [0.717, 1.165) is 0 Å². The molecule has 1 aromatic rings. The smallest absolute Gasteiger partial charge is 0.0323 e. The van der Waals surface area contributed by atoms with Crippen molar-refractivity contribution in [2.45, 2.75) is 64.3 Å². The highest BCUT2D eigenvalue weighted by Crippen LogP contribution is 2.35. The average molecular weight is 245 g/mol. The minimum atomic E-state index is 0.242. The number of nitrogens with two attached hydrogens (primary N) is 1. The van der Waals surface area contributed by atoms with Gasteiger partial charge < -0.3 is 5.73 Å². The predicted molar refractivity (Wildman–Crippen MR) is 78.6 cm³/mol. The van der Waals surface area contributed by atoms with Crippen LogP contribution in [0.25, 0.3) is 0 Å². The molecule has 0 heterocycles. The second-order valence-electron chi connectivity index (χ2n) is 6.43. The van der Waals surface area contributed by atoms with E-state index in [9.17, 15) is 0 Å². The molecule has 0 amide bonds. The maximum atomic E-state index is 6.39. The van der Waals surface area contributed by atoms with Crippen LogP contribution in [0.2, 0.25) is 0 Å². The van der Waals surface area contributed by atoms with E-state index in [4.69, 9.17) is 5.73 Å². The second kappa shape index (κ2) is 5.44. The molecular weight excluding hydrogens is 218 g/mol. The van der Waals surface area contributed by atoms with Crippen LogP contribution in [0.1, 0.15) is 70.0 Å². The van der Waals surface area contributed by atoms with Gasteiger partial charge >= 0.3 is 0 Å². The van der Waals surface area contributed by atoms with Gasteiger partial charge in [-0.3, -0.25) is 0 Å². The minimum Gasteiger partial charge on any atom is -0.324 e. The lowest BCUT2D eigenvalue weighted by Gasteiger charge is -2.25. The van der Waals surface area contributed by atoms with Gasteiger partial charge in [0.15, 0.2) is 0 Å². The predicted octanol–water partition coefficient (Wildman–Crippen LogP) is 4.56. The Kier molecular flexibility index (Phi) is 4.11. The molecular formula is C17H27N. The molecule has 0 aliphatic heterocycles. The van der Waals surface area contributed by atoms with Crippen molar-refractivity contribution in [2.75, 3.05) is 0 Å². The maximum Gasteiger partial charge on any atom is 0.0323 e. The molecule has 2 N–H and O–H groups in total. The van der Waals surface area contributed by atoms with Gasteiger partial charge in [-0.15, -0.1) is 0 Å². The molecule has 1 fully saturated rings. The van der Waals surface area contributed by atoms with Gasteiger partial charge in [-0.1, -0.05) is 57.9 Å². The van der Waals surface area contributed by atoms with Crippen LogP contribution in [0.5, 0.6) is 0 Å². The van der Waals surface area contributed by atoms with Gasteiger partial charge in [0.25, 0.3) is 0 Å². The minimum absolute atomic E-state index is 0.242. The Labute approximate surface area is 112 Å². The summed E-state index contributed by atoms with van der Waals surface area (Å²) in [7, 11) is 0. The molecule has 1 unspecified atom stereocenters. The Morgan fingerprint density at radius 3 is 2.22 bits per heavy atom. The molecule has 1 atom stereocenters. The van der Waals surface area contributed by atoms with Crippen LogP contribution < -0.4 is 5.73 Å². The lowest BCUT2D eigenvalue weighted by molar-refractivity contribution is 0.444. The normalized spacial score (nSPS) is 19.1. The Hall–Kier alpha value is -0.820. The molecule has 0 aromatic heterocycles. The zero-order chi connectivity index (χ0) is 13.2. The molecule has 100 valence electrons. The van der Waals surface area contributed by atoms with Crippen LogP contribution in [0, 0.1) is 5.92 Å². The van der Waals surface area contributed by atoms with Crippen molar-refractivity contribution < 1.29 is 0 Å². The Balaban J connectivity index is 2.12. The first kappa shape index (κ1) is 13.6. The van der Waals surface area contributed by atoms with Gasteiger partial charge in [0.2, 0.25) is 0 Å². The van der Waals surface area contributed by atoms with E-state index in [1.807, 2.05) is 0 Å². The lowest BCUT2D eigenvalue weighted by atomic mass is 9.81. The highest BCUT2D eigenvalue weighted by molar-refractivity contribution is 5.30. The molecule has 1 nitrogen and oxygen atoms in total. The first-order valence-electron chi connectivity index (χ1n) is 7.40. The van der Waals surface area contributed by atoms with Crippen LogP contribution in [-0.4, -0.2) is 0 Å². The van der Waals surface area contributed by atoms with E-state index >= 15 is 0 Å². The summed E-state index contributed by atoms with van der Waals surface area (Å²) >= 11 is 0. The number of rotatable bonds is 4. The van der Waals surface area contributed by atoms with Crippen LogP contribution in [-0.2, 0) is 5.41 Å². The fourth-order valence-corrected chi connectivity index (χ4v) is 2.95. The summed E-state index contributed by atoms with van der Waals surface area (Å²) in [5, 5.41) is 0. The van der Waals surface area contributed by atoms with E-state index in [-0.39, 0.29) is 11.5 Å². The van der Waals surface area contributed by atoms with E-state index in [1.165, 1.54) is 43.2 Å². The van der Waals surface area contributed by atoms with Crippen molar-refractivity contribution in [2.24, 2.45) is 11.7 Å². The Morgan fingerprint density at radius 2 is 1.72 bits per heavy atom. The highest BCUT2D eigenvalue weighted by atomic mass is 14.7. The lowest BCUT2D eigenvalue weighted by Crippen LogP contribution is -2.20. The summed E-state index contributed by atoms with van der Waals surface area (Å²) < 4.78 is 0. The SMILES string of the molecule is CCC(C)(C)c1ccc(C(N)C2CCCC2)cc1. The van der Waals surface area contributed by atoms with Crippen LogP contribution >= 0.6 is 0 Å². The zero-order valence-electron chi connectivity index (χ0n) is 12.1. The summed E-state index contributed by atoms with van der Waals surface area (Å²) in [6, 6.07) is 9.28. The zero-order valence-corrected chi connectivity index (χ0v) is 12.1. The molecule has 1 aromatic carbocycles. The van der Waals surface area contributed by atoms with Crippen molar-refractivity contribution >= 4 is 0 Å². The number of hydrogen-bond donors (Lipinski definition) is 1. The molecule has 0 saturated heterocycles.